The lowest BCUT2D eigenvalue weighted by atomic mass is 10.0. The van der Waals surface area contributed by atoms with Crippen LogP contribution in [0.1, 0.15) is 40.3 Å². The molecule has 0 bridgehead atoms. The number of carboxylic acids is 1. The summed E-state index contributed by atoms with van der Waals surface area (Å²) in [6.45, 7) is 2.01. The molecule has 0 saturated heterocycles. The van der Waals surface area contributed by atoms with Crippen LogP contribution in [0.2, 0.25) is 0 Å². The maximum absolute atomic E-state index is 12.1. The van der Waals surface area contributed by atoms with Crippen molar-refractivity contribution in [2.75, 3.05) is 6.61 Å². The van der Waals surface area contributed by atoms with Crippen molar-refractivity contribution >= 4 is 33.5 Å². The van der Waals surface area contributed by atoms with Gasteiger partial charge in [0, 0.05) is 4.88 Å². The highest BCUT2D eigenvalue weighted by Gasteiger charge is 2.35. The van der Waals surface area contributed by atoms with Gasteiger partial charge in [-0.05, 0) is 25.3 Å². The summed E-state index contributed by atoms with van der Waals surface area (Å²) in [5, 5.41) is 9.24. The van der Waals surface area contributed by atoms with E-state index in [0.717, 1.165) is 4.88 Å². The molecular weight excluding hydrogens is 296 g/mol. The number of rotatable bonds is 3. The number of aryl methyl sites for hydroxylation is 1. The number of carboxylic acid groups (broad SMARTS) is 1. The second kappa shape index (κ2) is 4.96. The third-order valence-corrected chi connectivity index (χ3v) is 4.62. The molecule has 1 unspecified atom stereocenters. The summed E-state index contributed by atoms with van der Waals surface area (Å²) in [5.41, 5.74) is 0.130. The molecule has 1 aliphatic rings. The number of carbonyl (C=O) groups excluding carboxylic acids is 1. The van der Waals surface area contributed by atoms with Gasteiger partial charge in [-0.1, -0.05) is 0 Å². The summed E-state index contributed by atoms with van der Waals surface area (Å²) in [4.78, 5) is 42.5. The molecule has 110 valence electrons. The second-order valence-electron chi connectivity index (χ2n) is 4.68. The van der Waals surface area contributed by atoms with Gasteiger partial charge < -0.3 is 14.8 Å². The van der Waals surface area contributed by atoms with Crippen molar-refractivity contribution in [3.05, 3.63) is 26.6 Å². The predicted octanol–water partition coefficient (Wildman–Crippen LogP) is 1.28. The summed E-state index contributed by atoms with van der Waals surface area (Å²) >= 11 is 1.27. The number of esters is 1. The maximum atomic E-state index is 12.1. The third kappa shape index (κ3) is 2.11. The minimum atomic E-state index is -1.29. The molecule has 2 heterocycles. The van der Waals surface area contributed by atoms with Gasteiger partial charge in [-0.25, -0.2) is 9.78 Å². The quantitative estimate of drug-likeness (QED) is 0.827. The van der Waals surface area contributed by atoms with E-state index in [9.17, 15) is 14.4 Å². The normalized spacial score (nSPS) is 16.9. The first-order chi connectivity index (χ1) is 10.0. The Kier molecular flexibility index (Phi) is 3.25. The van der Waals surface area contributed by atoms with E-state index in [1.807, 2.05) is 0 Å². The minimum absolute atomic E-state index is 0.282. The Morgan fingerprint density at radius 1 is 1.52 bits per heavy atom. The van der Waals surface area contributed by atoms with Crippen LogP contribution >= 0.6 is 11.3 Å². The average Bonchev–Trinajstić information content (AvgIpc) is 2.96. The molecule has 2 aromatic heterocycles. The van der Waals surface area contributed by atoms with E-state index in [1.54, 1.807) is 6.92 Å². The van der Waals surface area contributed by atoms with Crippen molar-refractivity contribution in [1.82, 2.24) is 9.97 Å². The summed E-state index contributed by atoms with van der Waals surface area (Å²) in [5.74, 6) is -2.49. The van der Waals surface area contributed by atoms with Crippen LogP contribution in [0.15, 0.2) is 4.79 Å². The smallest absolute Gasteiger partial charge is 0.372 e. The third-order valence-electron chi connectivity index (χ3n) is 3.46. The lowest BCUT2D eigenvalue weighted by Gasteiger charge is -2.09. The monoisotopic (exact) mass is 308 g/mol. The van der Waals surface area contributed by atoms with Crippen molar-refractivity contribution in [3.8, 4) is 0 Å². The molecule has 7 nitrogen and oxygen atoms in total. The molecule has 2 N–H and O–H groups in total. The van der Waals surface area contributed by atoms with Crippen LogP contribution in [0.25, 0.3) is 10.2 Å². The SMILES string of the molecule is CCOC(=O)C1CCc2sc3nc(C(=O)O)[nH]c(=O)c3c21. The number of aromatic carboxylic acids is 1. The van der Waals surface area contributed by atoms with Gasteiger partial charge in [0.15, 0.2) is 0 Å². The molecule has 0 fully saturated rings. The predicted molar refractivity (Wildman–Crippen MR) is 74.9 cm³/mol. The molecule has 8 heteroatoms. The molecule has 0 spiro atoms. The van der Waals surface area contributed by atoms with Crippen LogP contribution in [-0.2, 0) is 16.0 Å². The molecule has 0 radical (unpaired) electrons. The van der Waals surface area contributed by atoms with Crippen LogP contribution in [0.3, 0.4) is 0 Å². The van der Waals surface area contributed by atoms with E-state index >= 15 is 0 Å². The largest absolute Gasteiger partial charge is 0.475 e. The Labute approximate surface area is 122 Å². The van der Waals surface area contributed by atoms with E-state index in [1.165, 1.54) is 11.3 Å². The van der Waals surface area contributed by atoms with E-state index < -0.39 is 17.4 Å². The fourth-order valence-electron chi connectivity index (χ4n) is 2.63. The first-order valence-corrected chi connectivity index (χ1v) is 7.30. The molecular formula is C13H12N2O5S. The van der Waals surface area contributed by atoms with Crippen LogP contribution in [-0.4, -0.2) is 33.6 Å². The fourth-order valence-corrected chi connectivity index (χ4v) is 3.88. The minimum Gasteiger partial charge on any atom is -0.475 e. The Morgan fingerprint density at radius 2 is 2.29 bits per heavy atom. The van der Waals surface area contributed by atoms with E-state index in [2.05, 4.69) is 9.97 Å². The zero-order valence-electron chi connectivity index (χ0n) is 11.1. The Morgan fingerprint density at radius 3 is 2.95 bits per heavy atom. The van der Waals surface area contributed by atoms with Crippen LogP contribution < -0.4 is 5.56 Å². The molecule has 1 atom stereocenters. The summed E-state index contributed by atoms with van der Waals surface area (Å²) in [6.07, 6.45) is 1.28. The second-order valence-corrected chi connectivity index (χ2v) is 5.77. The van der Waals surface area contributed by atoms with Gasteiger partial charge in [-0.15, -0.1) is 11.3 Å². The maximum Gasteiger partial charge on any atom is 0.372 e. The number of ether oxygens (including phenoxy) is 1. The Hall–Kier alpha value is -2.22. The summed E-state index contributed by atoms with van der Waals surface area (Å²) < 4.78 is 5.04. The molecule has 2 aromatic rings. The number of nitrogens with one attached hydrogen (secondary N) is 1. The van der Waals surface area contributed by atoms with Gasteiger partial charge in [0.2, 0.25) is 5.82 Å². The van der Waals surface area contributed by atoms with Gasteiger partial charge in [0.25, 0.3) is 5.56 Å². The van der Waals surface area contributed by atoms with E-state index in [-0.39, 0.29) is 18.4 Å². The number of nitrogens with zero attached hydrogens (tertiary/aromatic N) is 1. The van der Waals surface area contributed by atoms with Crippen LogP contribution in [0.5, 0.6) is 0 Å². The van der Waals surface area contributed by atoms with Gasteiger partial charge in [0.05, 0.1) is 17.9 Å². The molecule has 3 rings (SSSR count). The highest BCUT2D eigenvalue weighted by molar-refractivity contribution is 7.18. The molecule has 0 amide bonds. The van der Waals surface area contributed by atoms with Gasteiger partial charge in [-0.2, -0.15) is 0 Å². The fraction of sp³-hybridized carbons (Fsp3) is 0.385. The number of carbonyl (C=O) groups is 2. The first-order valence-electron chi connectivity index (χ1n) is 6.48. The Bertz CT molecular complexity index is 807. The molecule has 0 aromatic carbocycles. The highest BCUT2D eigenvalue weighted by Crippen LogP contribution is 2.42. The van der Waals surface area contributed by atoms with Gasteiger partial charge >= 0.3 is 11.9 Å². The molecule has 0 saturated carbocycles. The zero-order chi connectivity index (χ0) is 15.1. The van der Waals surface area contributed by atoms with Crippen LogP contribution in [0.4, 0.5) is 0 Å². The lowest BCUT2D eigenvalue weighted by molar-refractivity contribution is -0.144. The standard InChI is InChI=1S/C13H12N2O5S/c1-2-20-13(19)5-3-4-6-7(5)8-10(16)14-9(12(17)18)15-11(8)21-6/h5H,2-4H2,1H3,(H,17,18)(H,14,15,16). The topological polar surface area (TPSA) is 109 Å². The van der Waals surface area contributed by atoms with Crippen molar-refractivity contribution < 1.29 is 19.4 Å². The average molecular weight is 308 g/mol. The summed E-state index contributed by atoms with van der Waals surface area (Å²) in [6, 6.07) is 0. The van der Waals surface area contributed by atoms with Crippen molar-refractivity contribution in [2.24, 2.45) is 0 Å². The number of hydrogen-bond donors (Lipinski definition) is 2. The van der Waals surface area contributed by atoms with Gasteiger partial charge in [0.1, 0.15) is 4.83 Å². The number of aromatic nitrogens is 2. The number of hydrogen-bond acceptors (Lipinski definition) is 6. The van der Waals surface area contributed by atoms with Gasteiger partial charge in [-0.3, -0.25) is 9.59 Å². The van der Waals surface area contributed by atoms with Crippen molar-refractivity contribution in [3.63, 3.8) is 0 Å². The highest BCUT2D eigenvalue weighted by atomic mass is 32.1. The number of thiophene rings is 1. The molecule has 1 aliphatic carbocycles. The molecule has 0 aliphatic heterocycles. The van der Waals surface area contributed by atoms with E-state index in [0.29, 0.717) is 28.6 Å². The number of aromatic amines is 1. The molecule has 21 heavy (non-hydrogen) atoms. The zero-order valence-corrected chi connectivity index (χ0v) is 12.0. The van der Waals surface area contributed by atoms with Crippen molar-refractivity contribution in [2.45, 2.75) is 25.7 Å². The number of fused-ring (bicyclic) bond motifs is 3. The summed E-state index contributed by atoms with van der Waals surface area (Å²) in [7, 11) is 0. The van der Waals surface area contributed by atoms with Crippen molar-refractivity contribution in [1.29, 1.82) is 0 Å². The Balaban J connectivity index is 2.18. The first kappa shape index (κ1) is 13.7. The van der Waals surface area contributed by atoms with E-state index in [4.69, 9.17) is 9.84 Å². The van der Waals surface area contributed by atoms with Crippen LogP contribution in [0, 0.1) is 0 Å². The number of H-pyrrole nitrogens is 1. The lowest BCUT2D eigenvalue weighted by Crippen LogP contribution is -2.18.